The first kappa shape index (κ1) is 16.6. The zero-order valence-corrected chi connectivity index (χ0v) is 14.1. The number of nitrogens with zero attached hydrogens (tertiary/aromatic N) is 1. The van der Waals surface area contributed by atoms with Crippen molar-refractivity contribution in [2.24, 2.45) is 4.99 Å². The molecule has 6 heteroatoms. The minimum atomic E-state index is -0.536. The molecule has 0 spiro atoms. The third-order valence-electron chi connectivity index (χ3n) is 3.68. The van der Waals surface area contributed by atoms with Gasteiger partial charge in [-0.15, -0.1) is 0 Å². The average Bonchev–Trinajstić information content (AvgIpc) is 3.01. The van der Waals surface area contributed by atoms with E-state index in [4.69, 9.17) is 18.9 Å². The van der Waals surface area contributed by atoms with Gasteiger partial charge in [0, 0.05) is 5.56 Å². The van der Waals surface area contributed by atoms with Gasteiger partial charge in [0.2, 0.25) is 5.90 Å². The normalized spacial score (nSPS) is 14.9. The standard InChI is InChI=1S/C19H17NO5/c1-22-15-9-5-4-8-13(15)18-20-14(19(21)25-18)11-12-7-6-10-16(23-2)17(12)24-3/h4-11H,1-3H3/b14-11-. The van der Waals surface area contributed by atoms with E-state index in [2.05, 4.69) is 4.99 Å². The Morgan fingerprint density at radius 1 is 0.920 bits per heavy atom. The van der Waals surface area contributed by atoms with Crippen LogP contribution >= 0.6 is 0 Å². The molecule has 0 saturated carbocycles. The van der Waals surface area contributed by atoms with Gasteiger partial charge < -0.3 is 18.9 Å². The molecule has 1 aliphatic heterocycles. The summed E-state index contributed by atoms with van der Waals surface area (Å²) in [6.07, 6.45) is 1.60. The highest BCUT2D eigenvalue weighted by Crippen LogP contribution is 2.33. The fourth-order valence-corrected chi connectivity index (χ4v) is 2.52. The predicted molar refractivity (Wildman–Crippen MR) is 93.1 cm³/mol. The number of para-hydroxylation sites is 2. The van der Waals surface area contributed by atoms with E-state index >= 15 is 0 Å². The molecule has 0 amide bonds. The minimum absolute atomic E-state index is 0.174. The Labute approximate surface area is 145 Å². The summed E-state index contributed by atoms with van der Waals surface area (Å²) in [6.45, 7) is 0. The topological polar surface area (TPSA) is 66.3 Å². The molecule has 0 aromatic heterocycles. The number of cyclic esters (lactones) is 1. The molecule has 0 atom stereocenters. The molecule has 0 saturated heterocycles. The summed E-state index contributed by atoms with van der Waals surface area (Å²) < 4.78 is 21.2. The lowest BCUT2D eigenvalue weighted by Gasteiger charge is -2.09. The molecular formula is C19H17NO5. The number of aliphatic imine (C=N–C) groups is 1. The van der Waals surface area contributed by atoms with E-state index in [9.17, 15) is 4.79 Å². The number of carbonyl (C=O) groups excluding carboxylic acids is 1. The van der Waals surface area contributed by atoms with E-state index in [-0.39, 0.29) is 11.6 Å². The van der Waals surface area contributed by atoms with Gasteiger partial charge in [-0.2, -0.15) is 0 Å². The molecule has 6 nitrogen and oxygen atoms in total. The highest BCUT2D eigenvalue weighted by Gasteiger charge is 2.26. The van der Waals surface area contributed by atoms with Crippen molar-refractivity contribution in [3.8, 4) is 17.2 Å². The van der Waals surface area contributed by atoms with Gasteiger partial charge in [-0.3, -0.25) is 0 Å². The first-order valence-corrected chi connectivity index (χ1v) is 7.55. The zero-order valence-electron chi connectivity index (χ0n) is 14.1. The predicted octanol–water partition coefficient (Wildman–Crippen LogP) is 3.06. The van der Waals surface area contributed by atoms with Gasteiger partial charge in [0.15, 0.2) is 17.2 Å². The summed E-state index contributed by atoms with van der Waals surface area (Å²) >= 11 is 0. The molecule has 1 aliphatic rings. The summed E-state index contributed by atoms with van der Waals surface area (Å²) in [5.74, 6) is 1.33. The number of carbonyl (C=O) groups is 1. The second-order valence-corrected chi connectivity index (χ2v) is 5.12. The van der Waals surface area contributed by atoms with Crippen LogP contribution in [0.5, 0.6) is 17.2 Å². The second-order valence-electron chi connectivity index (χ2n) is 5.12. The maximum atomic E-state index is 12.2. The van der Waals surface area contributed by atoms with Crippen LogP contribution in [0.1, 0.15) is 11.1 Å². The minimum Gasteiger partial charge on any atom is -0.496 e. The molecule has 1 heterocycles. The molecule has 3 rings (SSSR count). The van der Waals surface area contributed by atoms with Crippen molar-refractivity contribution in [1.82, 2.24) is 0 Å². The molecule has 0 unspecified atom stereocenters. The number of benzene rings is 2. The van der Waals surface area contributed by atoms with E-state index < -0.39 is 5.97 Å². The Balaban J connectivity index is 2.02. The van der Waals surface area contributed by atoms with Crippen LogP contribution in [0.25, 0.3) is 6.08 Å². The quantitative estimate of drug-likeness (QED) is 0.619. The van der Waals surface area contributed by atoms with Crippen LogP contribution in [0.2, 0.25) is 0 Å². The fraction of sp³-hybridized carbons (Fsp3) is 0.158. The largest absolute Gasteiger partial charge is 0.496 e. The van der Waals surface area contributed by atoms with Crippen molar-refractivity contribution in [3.63, 3.8) is 0 Å². The second kappa shape index (κ2) is 7.09. The summed E-state index contributed by atoms with van der Waals surface area (Å²) in [6, 6.07) is 12.6. The Bertz CT molecular complexity index is 870. The lowest BCUT2D eigenvalue weighted by atomic mass is 10.1. The third kappa shape index (κ3) is 3.19. The number of hydrogen-bond donors (Lipinski definition) is 0. The SMILES string of the molecule is COc1ccccc1C1=N/C(=C\c2cccc(OC)c2OC)C(=O)O1. The summed E-state index contributed by atoms with van der Waals surface area (Å²) in [7, 11) is 4.64. The molecule has 0 aliphatic carbocycles. The van der Waals surface area contributed by atoms with E-state index in [1.54, 1.807) is 50.6 Å². The molecule has 0 bridgehead atoms. The molecular weight excluding hydrogens is 322 g/mol. The number of ether oxygens (including phenoxy) is 4. The maximum Gasteiger partial charge on any atom is 0.363 e. The molecule has 128 valence electrons. The Morgan fingerprint density at radius 2 is 1.64 bits per heavy atom. The van der Waals surface area contributed by atoms with Gasteiger partial charge in [0.05, 0.1) is 26.9 Å². The number of hydrogen-bond acceptors (Lipinski definition) is 6. The molecule has 0 radical (unpaired) electrons. The highest BCUT2D eigenvalue weighted by atomic mass is 16.6. The van der Waals surface area contributed by atoms with Crippen LogP contribution in [-0.4, -0.2) is 33.2 Å². The zero-order chi connectivity index (χ0) is 17.8. The van der Waals surface area contributed by atoms with E-state index in [0.29, 0.717) is 28.4 Å². The van der Waals surface area contributed by atoms with Crippen molar-refractivity contribution < 1.29 is 23.7 Å². The number of rotatable bonds is 5. The van der Waals surface area contributed by atoms with Crippen LogP contribution in [-0.2, 0) is 9.53 Å². The first-order valence-electron chi connectivity index (χ1n) is 7.55. The highest BCUT2D eigenvalue weighted by molar-refractivity contribution is 6.13. The molecule has 2 aromatic rings. The third-order valence-corrected chi connectivity index (χ3v) is 3.68. The Hall–Kier alpha value is -3.28. The van der Waals surface area contributed by atoms with Crippen LogP contribution in [0.4, 0.5) is 0 Å². The number of methoxy groups -OCH3 is 3. The van der Waals surface area contributed by atoms with E-state index in [0.717, 1.165) is 0 Å². The number of esters is 1. The summed E-state index contributed by atoms with van der Waals surface area (Å²) in [5.41, 5.74) is 1.45. The van der Waals surface area contributed by atoms with Gasteiger partial charge in [0.25, 0.3) is 0 Å². The smallest absolute Gasteiger partial charge is 0.363 e. The van der Waals surface area contributed by atoms with Gasteiger partial charge in [0.1, 0.15) is 5.75 Å². The average molecular weight is 339 g/mol. The van der Waals surface area contributed by atoms with Gasteiger partial charge in [-0.05, 0) is 24.3 Å². The molecule has 2 aromatic carbocycles. The lowest BCUT2D eigenvalue weighted by molar-refractivity contribution is -0.129. The Morgan fingerprint density at radius 3 is 2.36 bits per heavy atom. The van der Waals surface area contributed by atoms with Crippen LogP contribution in [0, 0.1) is 0 Å². The summed E-state index contributed by atoms with van der Waals surface area (Å²) in [4.78, 5) is 16.5. The van der Waals surface area contributed by atoms with Crippen LogP contribution < -0.4 is 14.2 Å². The van der Waals surface area contributed by atoms with Crippen LogP contribution in [0.15, 0.2) is 53.2 Å². The van der Waals surface area contributed by atoms with Crippen molar-refractivity contribution in [3.05, 3.63) is 59.3 Å². The molecule has 0 fully saturated rings. The van der Waals surface area contributed by atoms with Crippen molar-refractivity contribution >= 4 is 17.9 Å². The van der Waals surface area contributed by atoms with Gasteiger partial charge in [-0.25, -0.2) is 9.79 Å². The molecule has 0 N–H and O–H groups in total. The molecule has 25 heavy (non-hydrogen) atoms. The maximum absolute atomic E-state index is 12.2. The van der Waals surface area contributed by atoms with Crippen molar-refractivity contribution in [1.29, 1.82) is 0 Å². The van der Waals surface area contributed by atoms with Crippen molar-refractivity contribution in [2.45, 2.75) is 0 Å². The Kier molecular flexibility index (Phi) is 4.70. The van der Waals surface area contributed by atoms with Crippen LogP contribution in [0.3, 0.4) is 0 Å². The first-order chi connectivity index (χ1) is 12.2. The van der Waals surface area contributed by atoms with E-state index in [1.807, 2.05) is 12.1 Å². The monoisotopic (exact) mass is 339 g/mol. The lowest BCUT2D eigenvalue weighted by Crippen LogP contribution is -2.06. The van der Waals surface area contributed by atoms with Gasteiger partial charge in [-0.1, -0.05) is 24.3 Å². The summed E-state index contributed by atoms with van der Waals surface area (Å²) in [5, 5.41) is 0. The van der Waals surface area contributed by atoms with E-state index in [1.165, 1.54) is 7.11 Å². The fourth-order valence-electron chi connectivity index (χ4n) is 2.52. The van der Waals surface area contributed by atoms with Crippen molar-refractivity contribution in [2.75, 3.05) is 21.3 Å². The van der Waals surface area contributed by atoms with Gasteiger partial charge >= 0.3 is 5.97 Å².